The van der Waals surface area contributed by atoms with Gasteiger partial charge in [-0.25, -0.2) is 0 Å². The molecule has 0 radical (unpaired) electrons. The lowest BCUT2D eigenvalue weighted by Gasteiger charge is -2.15. The van der Waals surface area contributed by atoms with E-state index in [4.69, 9.17) is 9.26 Å². The van der Waals surface area contributed by atoms with Crippen LogP contribution in [-0.4, -0.2) is 22.4 Å². The topological polar surface area (TPSA) is 68.4 Å². The van der Waals surface area contributed by atoms with Crippen molar-refractivity contribution in [2.75, 3.05) is 7.11 Å². The van der Waals surface area contributed by atoms with Crippen LogP contribution in [0, 0.1) is 5.92 Å². The van der Waals surface area contributed by atoms with E-state index in [1.807, 2.05) is 37.3 Å². The van der Waals surface area contributed by atoms with E-state index in [0.29, 0.717) is 17.6 Å². The van der Waals surface area contributed by atoms with Gasteiger partial charge in [0.15, 0.2) is 0 Å². The minimum atomic E-state index is -0.665. The molecule has 112 valence electrons. The quantitative estimate of drug-likeness (QED) is 0.885. The maximum Gasteiger partial charge on any atom is 0.232 e. The van der Waals surface area contributed by atoms with Gasteiger partial charge < -0.3 is 14.4 Å². The highest BCUT2D eigenvalue weighted by molar-refractivity contribution is 5.20. The Morgan fingerprint density at radius 2 is 2.00 bits per heavy atom. The zero-order chi connectivity index (χ0) is 14.8. The van der Waals surface area contributed by atoms with Gasteiger partial charge in [-0.05, 0) is 24.3 Å². The summed E-state index contributed by atoms with van der Waals surface area (Å²) < 4.78 is 10.8. The Morgan fingerprint density at radius 3 is 2.62 bits per heavy atom. The van der Waals surface area contributed by atoms with Crippen molar-refractivity contribution in [1.29, 1.82) is 0 Å². The van der Waals surface area contributed by atoms with E-state index in [1.165, 1.54) is 0 Å². The Hall–Kier alpha value is -1.72. The van der Waals surface area contributed by atoms with E-state index in [2.05, 4.69) is 10.1 Å². The van der Waals surface area contributed by atoms with Crippen LogP contribution in [0.15, 0.2) is 34.9 Å². The van der Waals surface area contributed by atoms with Crippen LogP contribution in [-0.2, 0) is 4.74 Å². The van der Waals surface area contributed by atoms with Gasteiger partial charge in [0.1, 0.15) is 6.10 Å². The molecule has 5 heteroatoms. The number of hydrogen-bond donors (Lipinski definition) is 1. The smallest absolute Gasteiger partial charge is 0.232 e. The van der Waals surface area contributed by atoms with Crippen LogP contribution in [0.4, 0.5) is 0 Å². The average molecular weight is 288 g/mol. The molecule has 1 N–H and O–H groups in total. The van der Waals surface area contributed by atoms with Crippen LogP contribution in [0.1, 0.15) is 55.2 Å². The maximum absolute atomic E-state index is 10.4. The Labute approximate surface area is 123 Å². The van der Waals surface area contributed by atoms with Crippen LogP contribution < -0.4 is 0 Å². The van der Waals surface area contributed by atoms with E-state index < -0.39 is 6.10 Å². The lowest BCUT2D eigenvalue weighted by Crippen LogP contribution is -2.09. The summed E-state index contributed by atoms with van der Waals surface area (Å²) in [5.74, 6) is 1.27. The molecule has 1 aliphatic carbocycles. The van der Waals surface area contributed by atoms with Crippen molar-refractivity contribution < 1.29 is 14.4 Å². The molecule has 5 nitrogen and oxygen atoms in total. The van der Waals surface area contributed by atoms with E-state index >= 15 is 0 Å². The first kappa shape index (κ1) is 14.2. The molecule has 0 saturated heterocycles. The molecular formula is C16H20N2O3. The molecule has 21 heavy (non-hydrogen) atoms. The van der Waals surface area contributed by atoms with Crippen molar-refractivity contribution in [3.8, 4) is 0 Å². The summed E-state index contributed by atoms with van der Waals surface area (Å²) >= 11 is 0. The predicted octanol–water partition coefficient (Wildman–Crippen LogP) is 3.00. The summed E-state index contributed by atoms with van der Waals surface area (Å²) in [4.78, 5) is 4.43. The van der Waals surface area contributed by atoms with Gasteiger partial charge in [0.25, 0.3) is 0 Å². The number of rotatable bonds is 6. The minimum absolute atomic E-state index is 0.0939. The first-order valence-corrected chi connectivity index (χ1v) is 7.30. The van der Waals surface area contributed by atoms with Gasteiger partial charge in [-0.1, -0.05) is 42.4 Å². The molecule has 1 aromatic heterocycles. The lowest BCUT2D eigenvalue weighted by atomic mass is 9.97. The van der Waals surface area contributed by atoms with Crippen molar-refractivity contribution in [1.82, 2.24) is 10.1 Å². The van der Waals surface area contributed by atoms with Crippen molar-refractivity contribution in [2.24, 2.45) is 5.92 Å². The molecule has 1 fully saturated rings. The molecule has 2 aromatic rings. The molecule has 1 saturated carbocycles. The number of aromatic nitrogens is 2. The van der Waals surface area contributed by atoms with Gasteiger partial charge in [-0.15, -0.1) is 0 Å². The first-order valence-electron chi connectivity index (χ1n) is 7.30. The Balaban J connectivity index is 1.76. The van der Waals surface area contributed by atoms with Crippen molar-refractivity contribution >= 4 is 0 Å². The Kier molecular flexibility index (Phi) is 4.03. The summed E-state index contributed by atoms with van der Waals surface area (Å²) in [6.45, 7) is 1.88. The molecule has 1 heterocycles. The monoisotopic (exact) mass is 288 g/mol. The highest BCUT2D eigenvalue weighted by Gasteiger charge is 2.36. The SMILES string of the molecule is COC(c1noc(C(C)C(O)c2ccccc2)n1)C1CC1. The van der Waals surface area contributed by atoms with Crippen LogP contribution in [0.25, 0.3) is 0 Å². The molecule has 1 aromatic carbocycles. The third-order valence-electron chi connectivity index (χ3n) is 4.02. The molecule has 0 aliphatic heterocycles. The number of nitrogens with zero attached hydrogens (tertiary/aromatic N) is 2. The van der Waals surface area contributed by atoms with E-state index in [0.717, 1.165) is 18.4 Å². The molecule has 0 spiro atoms. The minimum Gasteiger partial charge on any atom is -0.388 e. The molecule has 3 unspecified atom stereocenters. The van der Waals surface area contributed by atoms with Gasteiger partial charge >= 0.3 is 0 Å². The van der Waals surface area contributed by atoms with Crippen molar-refractivity contribution in [3.63, 3.8) is 0 Å². The largest absolute Gasteiger partial charge is 0.388 e. The summed E-state index contributed by atoms with van der Waals surface area (Å²) in [5, 5.41) is 14.4. The second-order valence-corrected chi connectivity index (χ2v) is 5.63. The van der Waals surface area contributed by atoms with Crippen LogP contribution >= 0.6 is 0 Å². The van der Waals surface area contributed by atoms with Gasteiger partial charge in [0.2, 0.25) is 11.7 Å². The highest BCUT2D eigenvalue weighted by atomic mass is 16.5. The number of aliphatic hydroxyl groups is 1. The highest BCUT2D eigenvalue weighted by Crippen LogP contribution is 2.42. The second-order valence-electron chi connectivity index (χ2n) is 5.63. The fourth-order valence-corrected chi connectivity index (χ4v) is 2.53. The Morgan fingerprint density at radius 1 is 1.29 bits per heavy atom. The van der Waals surface area contributed by atoms with Crippen LogP contribution in [0.3, 0.4) is 0 Å². The zero-order valence-corrected chi connectivity index (χ0v) is 12.3. The van der Waals surface area contributed by atoms with Gasteiger partial charge in [0, 0.05) is 7.11 Å². The lowest BCUT2D eigenvalue weighted by molar-refractivity contribution is 0.0751. The average Bonchev–Trinajstić information content (AvgIpc) is 3.24. The van der Waals surface area contributed by atoms with Crippen molar-refractivity contribution in [3.05, 3.63) is 47.6 Å². The van der Waals surface area contributed by atoms with Crippen molar-refractivity contribution in [2.45, 2.75) is 37.9 Å². The summed E-state index contributed by atoms with van der Waals surface area (Å²) in [6.07, 6.45) is 1.53. The third kappa shape index (κ3) is 2.99. The molecule has 0 bridgehead atoms. The fourth-order valence-electron chi connectivity index (χ4n) is 2.53. The number of ether oxygens (including phenoxy) is 1. The molecule has 1 aliphatic rings. The number of benzene rings is 1. The number of aliphatic hydroxyl groups excluding tert-OH is 1. The van der Waals surface area contributed by atoms with Gasteiger partial charge in [-0.3, -0.25) is 0 Å². The predicted molar refractivity (Wildman–Crippen MR) is 76.6 cm³/mol. The summed E-state index contributed by atoms with van der Waals surface area (Å²) in [6, 6.07) is 9.50. The van der Waals surface area contributed by atoms with E-state index in [-0.39, 0.29) is 12.0 Å². The van der Waals surface area contributed by atoms with Crippen LogP contribution in [0.2, 0.25) is 0 Å². The molecule has 3 rings (SSSR count). The Bertz CT molecular complexity index is 580. The maximum atomic E-state index is 10.4. The number of methoxy groups -OCH3 is 1. The molecule has 0 amide bonds. The van der Waals surface area contributed by atoms with Gasteiger partial charge in [-0.2, -0.15) is 4.98 Å². The third-order valence-corrected chi connectivity index (χ3v) is 4.02. The molecule has 3 atom stereocenters. The standard InChI is InChI=1S/C16H20N2O3/c1-10(13(19)11-6-4-3-5-7-11)16-17-15(18-21-16)14(20-2)12-8-9-12/h3-7,10,12-14,19H,8-9H2,1-2H3. The summed E-state index contributed by atoms with van der Waals surface area (Å²) in [7, 11) is 1.67. The number of hydrogen-bond acceptors (Lipinski definition) is 5. The first-order chi connectivity index (χ1) is 10.2. The second kappa shape index (κ2) is 5.95. The molecular weight excluding hydrogens is 268 g/mol. The van der Waals surface area contributed by atoms with Crippen LogP contribution in [0.5, 0.6) is 0 Å². The normalized spacial score (nSPS) is 19.2. The zero-order valence-electron chi connectivity index (χ0n) is 12.3. The van der Waals surface area contributed by atoms with E-state index in [9.17, 15) is 5.11 Å². The fraction of sp³-hybridized carbons (Fsp3) is 0.500. The van der Waals surface area contributed by atoms with Gasteiger partial charge in [0.05, 0.1) is 12.0 Å². The van der Waals surface area contributed by atoms with E-state index in [1.54, 1.807) is 7.11 Å². The summed E-state index contributed by atoms with van der Waals surface area (Å²) in [5.41, 5.74) is 0.843.